The summed E-state index contributed by atoms with van der Waals surface area (Å²) < 4.78 is 5.58. The van der Waals surface area contributed by atoms with Gasteiger partial charge in [0.25, 0.3) is 0 Å². The Kier molecular flexibility index (Phi) is 6.82. The molecule has 2 N–H and O–H groups in total. The molecule has 5 heteroatoms. The van der Waals surface area contributed by atoms with Gasteiger partial charge in [-0.05, 0) is 26.0 Å². The molecule has 1 aliphatic rings. The summed E-state index contributed by atoms with van der Waals surface area (Å²) in [5.74, 6) is 0.855. The van der Waals surface area contributed by atoms with Crippen molar-refractivity contribution in [3.63, 3.8) is 0 Å². The molecule has 0 aliphatic carbocycles. The molecule has 1 heterocycles. The number of halogens is 1. The van der Waals surface area contributed by atoms with Gasteiger partial charge in [-0.25, -0.2) is 0 Å². The molecule has 0 radical (unpaired) electrons. The van der Waals surface area contributed by atoms with Crippen molar-refractivity contribution in [1.82, 2.24) is 10.6 Å². The maximum absolute atomic E-state index is 12.3. The lowest BCUT2D eigenvalue weighted by molar-refractivity contribution is -0.123. The third-order valence-corrected chi connectivity index (χ3v) is 3.41. The third kappa shape index (κ3) is 4.12. The molecule has 112 valence electrons. The minimum atomic E-state index is -0.0845. The number of nitrogens with one attached hydrogen (secondary N) is 2. The first-order chi connectivity index (χ1) is 9.22. The van der Waals surface area contributed by atoms with Gasteiger partial charge in [-0.1, -0.05) is 25.1 Å². The van der Waals surface area contributed by atoms with Crippen molar-refractivity contribution in [2.24, 2.45) is 0 Å². The van der Waals surface area contributed by atoms with E-state index in [0.717, 1.165) is 24.3 Å². The molecule has 1 unspecified atom stereocenters. The van der Waals surface area contributed by atoms with Crippen molar-refractivity contribution >= 4 is 18.3 Å². The van der Waals surface area contributed by atoms with E-state index >= 15 is 0 Å². The topological polar surface area (TPSA) is 50.4 Å². The first-order valence-electron chi connectivity index (χ1n) is 6.95. The van der Waals surface area contributed by atoms with Crippen LogP contribution in [0, 0.1) is 0 Å². The summed E-state index contributed by atoms with van der Waals surface area (Å²) >= 11 is 0. The van der Waals surface area contributed by atoms with Gasteiger partial charge in [0, 0.05) is 18.2 Å². The molecular formula is C15H23ClN2O2. The second kappa shape index (κ2) is 8.12. The highest BCUT2D eigenvalue weighted by molar-refractivity contribution is 5.85. The third-order valence-electron chi connectivity index (χ3n) is 3.41. The van der Waals surface area contributed by atoms with Crippen LogP contribution < -0.4 is 15.4 Å². The summed E-state index contributed by atoms with van der Waals surface area (Å²) in [6.07, 6.45) is 0.748. The van der Waals surface area contributed by atoms with E-state index in [4.69, 9.17) is 4.74 Å². The van der Waals surface area contributed by atoms with E-state index in [9.17, 15) is 4.79 Å². The maximum atomic E-state index is 12.3. The van der Waals surface area contributed by atoms with Crippen molar-refractivity contribution < 1.29 is 9.53 Å². The number of likely N-dealkylation sites (N-methyl/N-ethyl adjacent to an activating group) is 1. The largest absolute Gasteiger partial charge is 0.493 e. The zero-order chi connectivity index (χ0) is 13.7. The molecule has 1 aromatic rings. The summed E-state index contributed by atoms with van der Waals surface area (Å²) in [5, 5.41) is 6.30. The van der Waals surface area contributed by atoms with Crippen LogP contribution in [0.15, 0.2) is 24.3 Å². The summed E-state index contributed by atoms with van der Waals surface area (Å²) in [7, 11) is 0. The fourth-order valence-corrected chi connectivity index (χ4v) is 2.41. The number of para-hydroxylation sites is 1. The molecule has 20 heavy (non-hydrogen) atoms. The average molecular weight is 299 g/mol. The Morgan fingerprint density at radius 3 is 2.95 bits per heavy atom. The SMILES string of the molecule is CCN[C@H](C)CNC(=O)C1CCOc2ccccc21.Cl. The Bertz CT molecular complexity index is 440. The lowest BCUT2D eigenvalue weighted by Crippen LogP contribution is -2.41. The maximum Gasteiger partial charge on any atom is 0.227 e. The number of carbonyl (C=O) groups is 1. The molecule has 2 atom stereocenters. The van der Waals surface area contributed by atoms with Gasteiger partial charge < -0.3 is 15.4 Å². The lowest BCUT2D eigenvalue weighted by Gasteiger charge is -2.25. The minimum absolute atomic E-state index is 0. The second-order valence-electron chi connectivity index (χ2n) is 4.93. The van der Waals surface area contributed by atoms with Gasteiger partial charge in [0.05, 0.1) is 12.5 Å². The smallest absolute Gasteiger partial charge is 0.227 e. The Labute approximate surface area is 126 Å². The van der Waals surface area contributed by atoms with Crippen LogP contribution in [0.2, 0.25) is 0 Å². The van der Waals surface area contributed by atoms with Crippen molar-refractivity contribution in [2.75, 3.05) is 19.7 Å². The van der Waals surface area contributed by atoms with E-state index in [1.54, 1.807) is 0 Å². The molecule has 0 saturated heterocycles. The summed E-state index contributed by atoms with van der Waals surface area (Å²) in [4.78, 5) is 12.3. The van der Waals surface area contributed by atoms with Crippen LogP contribution in [-0.4, -0.2) is 31.6 Å². The van der Waals surface area contributed by atoms with Crippen molar-refractivity contribution in [1.29, 1.82) is 0 Å². The predicted octanol–water partition coefficient (Wildman–Crippen LogP) is 2.09. The number of ether oxygens (including phenoxy) is 1. The molecular weight excluding hydrogens is 276 g/mol. The van der Waals surface area contributed by atoms with Gasteiger partial charge in [0.1, 0.15) is 5.75 Å². The van der Waals surface area contributed by atoms with Gasteiger partial charge in [0.2, 0.25) is 5.91 Å². The van der Waals surface area contributed by atoms with Gasteiger partial charge in [-0.2, -0.15) is 0 Å². The van der Waals surface area contributed by atoms with Crippen molar-refractivity contribution in [3.8, 4) is 5.75 Å². The quantitative estimate of drug-likeness (QED) is 0.875. The van der Waals surface area contributed by atoms with Crippen LogP contribution >= 0.6 is 12.4 Å². The number of hydrogen-bond donors (Lipinski definition) is 2. The first-order valence-corrected chi connectivity index (χ1v) is 6.95. The van der Waals surface area contributed by atoms with E-state index < -0.39 is 0 Å². The van der Waals surface area contributed by atoms with Crippen LogP contribution in [0.25, 0.3) is 0 Å². The minimum Gasteiger partial charge on any atom is -0.493 e. The van der Waals surface area contributed by atoms with Gasteiger partial charge in [0.15, 0.2) is 0 Å². The molecule has 1 aliphatic heterocycles. The molecule has 0 spiro atoms. The Morgan fingerprint density at radius 2 is 2.20 bits per heavy atom. The highest BCUT2D eigenvalue weighted by Gasteiger charge is 2.27. The lowest BCUT2D eigenvalue weighted by atomic mass is 9.92. The second-order valence-corrected chi connectivity index (χ2v) is 4.93. The normalized spacial score (nSPS) is 18.2. The molecule has 4 nitrogen and oxygen atoms in total. The molecule has 0 aromatic heterocycles. The summed E-state index contributed by atoms with van der Waals surface area (Å²) in [6, 6.07) is 8.09. The molecule has 1 aromatic carbocycles. The fraction of sp³-hybridized carbons (Fsp3) is 0.533. The first kappa shape index (κ1) is 16.8. The van der Waals surface area contributed by atoms with Crippen LogP contribution in [0.1, 0.15) is 31.7 Å². The zero-order valence-corrected chi connectivity index (χ0v) is 12.8. The van der Waals surface area contributed by atoms with Crippen molar-refractivity contribution in [3.05, 3.63) is 29.8 Å². The Balaban J connectivity index is 0.00000200. The number of fused-ring (bicyclic) bond motifs is 1. The van der Waals surface area contributed by atoms with Crippen LogP contribution in [0.5, 0.6) is 5.75 Å². The number of amides is 1. The number of carbonyl (C=O) groups excluding carboxylic acids is 1. The standard InChI is InChI=1S/C15H22N2O2.ClH/c1-3-16-11(2)10-17-15(18)13-8-9-19-14-7-5-4-6-12(13)14;/h4-7,11,13,16H,3,8-10H2,1-2H3,(H,17,18);1H/t11-,13?;/m1./s1. The van der Waals surface area contributed by atoms with E-state index in [1.165, 1.54) is 0 Å². The van der Waals surface area contributed by atoms with Crippen molar-refractivity contribution in [2.45, 2.75) is 32.2 Å². The van der Waals surface area contributed by atoms with E-state index in [-0.39, 0.29) is 24.2 Å². The molecule has 0 saturated carbocycles. The van der Waals surface area contributed by atoms with Crippen LogP contribution in [-0.2, 0) is 4.79 Å². The molecule has 1 amide bonds. The van der Waals surface area contributed by atoms with Gasteiger partial charge in [-0.15, -0.1) is 12.4 Å². The highest BCUT2D eigenvalue weighted by Crippen LogP contribution is 2.33. The van der Waals surface area contributed by atoms with Gasteiger partial charge in [-0.3, -0.25) is 4.79 Å². The average Bonchev–Trinajstić information content (AvgIpc) is 2.44. The monoisotopic (exact) mass is 298 g/mol. The molecule has 0 fully saturated rings. The zero-order valence-electron chi connectivity index (χ0n) is 12.0. The molecule has 0 bridgehead atoms. The Morgan fingerprint density at radius 1 is 1.45 bits per heavy atom. The molecule has 2 rings (SSSR count). The highest BCUT2D eigenvalue weighted by atomic mass is 35.5. The van der Waals surface area contributed by atoms with E-state index in [1.807, 2.05) is 24.3 Å². The number of hydrogen-bond acceptors (Lipinski definition) is 3. The van der Waals surface area contributed by atoms with E-state index in [0.29, 0.717) is 19.2 Å². The van der Waals surface area contributed by atoms with Gasteiger partial charge >= 0.3 is 0 Å². The number of rotatable bonds is 5. The predicted molar refractivity (Wildman–Crippen MR) is 82.7 cm³/mol. The van der Waals surface area contributed by atoms with E-state index in [2.05, 4.69) is 24.5 Å². The van der Waals surface area contributed by atoms with Crippen LogP contribution in [0.3, 0.4) is 0 Å². The van der Waals surface area contributed by atoms with Crippen LogP contribution in [0.4, 0.5) is 0 Å². The summed E-state index contributed by atoms with van der Waals surface area (Å²) in [6.45, 7) is 6.32. The number of benzene rings is 1. The fourth-order valence-electron chi connectivity index (χ4n) is 2.41. The summed E-state index contributed by atoms with van der Waals surface area (Å²) in [5.41, 5.74) is 1.00. The Hall–Kier alpha value is -1.26.